The maximum atomic E-state index is 3.71. The highest BCUT2D eigenvalue weighted by molar-refractivity contribution is 9.17. The average Bonchev–Trinajstić information content (AvgIpc) is 2.42. The summed E-state index contributed by atoms with van der Waals surface area (Å²) in [7, 11) is 0. The molecule has 0 aromatic rings. The summed E-state index contributed by atoms with van der Waals surface area (Å²) in [6, 6.07) is 0. The molecule has 16 heavy (non-hydrogen) atoms. The Labute approximate surface area is 132 Å². The maximum absolute atomic E-state index is 3.71. The van der Waals surface area contributed by atoms with Gasteiger partial charge in [-0.2, -0.15) is 0 Å². The third-order valence-corrected chi connectivity index (χ3v) is 8.80. The van der Waals surface area contributed by atoms with Crippen LogP contribution in [0.15, 0.2) is 17.9 Å². The first-order chi connectivity index (χ1) is 7.45. The molecular weight excluding hydrogens is 464 g/mol. The van der Waals surface area contributed by atoms with Crippen LogP contribution in [0.3, 0.4) is 0 Å². The second kappa shape index (κ2) is 6.53. The van der Waals surface area contributed by atoms with E-state index in [1.54, 1.807) is 0 Å². The summed E-state index contributed by atoms with van der Waals surface area (Å²) in [5.41, 5.74) is 0.103. The Hall–Kier alpha value is 1.40. The lowest BCUT2D eigenvalue weighted by atomic mass is 9.86. The van der Waals surface area contributed by atoms with Gasteiger partial charge in [0.05, 0.1) is 0 Å². The van der Waals surface area contributed by atoms with Crippen molar-refractivity contribution in [1.82, 2.24) is 0 Å². The van der Waals surface area contributed by atoms with Crippen LogP contribution < -0.4 is 0 Å². The molecule has 0 nitrogen and oxygen atoms in total. The topological polar surface area (TPSA) is 0 Å². The van der Waals surface area contributed by atoms with Crippen LogP contribution in [0.2, 0.25) is 0 Å². The number of allylic oxidation sites excluding steroid dienone is 4. The molecule has 4 heteroatoms. The highest BCUT2D eigenvalue weighted by Crippen LogP contribution is 2.58. The summed E-state index contributed by atoms with van der Waals surface area (Å²) in [6.45, 7) is 4.53. The number of hydrogen-bond donors (Lipinski definition) is 0. The molecule has 0 amide bonds. The van der Waals surface area contributed by atoms with E-state index >= 15 is 0 Å². The highest BCUT2D eigenvalue weighted by Gasteiger charge is 2.39. The highest BCUT2D eigenvalue weighted by atomic mass is 79.9. The van der Waals surface area contributed by atoms with Gasteiger partial charge in [-0.1, -0.05) is 71.4 Å². The fraction of sp³-hybridized carbons (Fsp3) is 0.667. The molecule has 1 rings (SSSR count). The molecule has 92 valence electrons. The third kappa shape index (κ3) is 3.04. The van der Waals surface area contributed by atoms with E-state index < -0.39 is 0 Å². The van der Waals surface area contributed by atoms with Crippen LogP contribution in [0, 0.1) is 5.41 Å². The molecule has 0 heterocycles. The summed E-state index contributed by atoms with van der Waals surface area (Å²) in [5, 5.41) is 0. The van der Waals surface area contributed by atoms with Gasteiger partial charge >= 0.3 is 0 Å². The van der Waals surface area contributed by atoms with Gasteiger partial charge in [0.15, 0.2) is 0 Å². The van der Waals surface area contributed by atoms with Gasteiger partial charge in [0.1, 0.15) is 0 Å². The zero-order valence-corrected chi connectivity index (χ0v) is 15.9. The minimum Gasteiger partial charge on any atom is -0.0654 e. The normalized spacial score (nSPS) is 19.9. The van der Waals surface area contributed by atoms with E-state index in [1.165, 1.54) is 41.1 Å². The zero-order chi connectivity index (χ0) is 12.3. The number of halogens is 4. The van der Waals surface area contributed by atoms with Gasteiger partial charge in [-0.15, -0.1) is 0 Å². The van der Waals surface area contributed by atoms with E-state index in [9.17, 15) is 0 Å². The molecule has 0 aromatic heterocycles. The van der Waals surface area contributed by atoms with Gasteiger partial charge in [0.2, 0.25) is 0 Å². The molecule has 0 N–H and O–H groups in total. The number of unbranched alkanes of at least 4 members (excludes halogenated alkanes) is 3. The van der Waals surface area contributed by atoms with Gasteiger partial charge < -0.3 is 0 Å². The predicted molar refractivity (Wildman–Crippen MR) is 86.6 cm³/mol. The molecule has 0 saturated heterocycles. The van der Waals surface area contributed by atoms with Gasteiger partial charge in [0, 0.05) is 23.3 Å². The van der Waals surface area contributed by atoms with Crippen molar-refractivity contribution in [3.8, 4) is 0 Å². The number of hydrogen-bond acceptors (Lipinski definition) is 0. The Morgan fingerprint density at radius 2 is 1.38 bits per heavy atom. The SMILES string of the molecule is CCCCCCC1(C)C(Br)=C(Br)C(Br)=C1Br. The summed E-state index contributed by atoms with van der Waals surface area (Å²) in [6.07, 6.45) is 6.40. The first kappa shape index (κ1) is 15.5. The van der Waals surface area contributed by atoms with Crippen molar-refractivity contribution in [2.24, 2.45) is 5.41 Å². The summed E-state index contributed by atoms with van der Waals surface area (Å²) >= 11 is 14.6. The Morgan fingerprint density at radius 1 is 0.875 bits per heavy atom. The first-order valence-corrected chi connectivity index (χ1v) is 8.74. The van der Waals surface area contributed by atoms with Crippen LogP contribution in [0.25, 0.3) is 0 Å². The smallest absolute Gasteiger partial charge is 0.0436 e. The van der Waals surface area contributed by atoms with E-state index in [-0.39, 0.29) is 5.41 Å². The lowest BCUT2D eigenvalue weighted by Crippen LogP contribution is -2.14. The Balaban J connectivity index is 2.71. The molecule has 0 spiro atoms. The van der Waals surface area contributed by atoms with Crippen LogP contribution in [0.5, 0.6) is 0 Å². The van der Waals surface area contributed by atoms with Crippen molar-refractivity contribution in [3.63, 3.8) is 0 Å². The Bertz CT molecular complexity index is 304. The van der Waals surface area contributed by atoms with E-state index in [0.29, 0.717) is 0 Å². The molecule has 0 atom stereocenters. The van der Waals surface area contributed by atoms with Crippen molar-refractivity contribution in [3.05, 3.63) is 17.9 Å². The molecule has 1 aliphatic rings. The van der Waals surface area contributed by atoms with Crippen LogP contribution >= 0.6 is 63.7 Å². The van der Waals surface area contributed by atoms with Gasteiger partial charge in [-0.25, -0.2) is 0 Å². The van der Waals surface area contributed by atoms with Crippen molar-refractivity contribution in [1.29, 1.82) is 0 Å². The quantitative estimate of drug-likeness (QED) is 0.373. The third-order valence-electron chi connectivity index (χ3n) is 3.08. The van der Waals surface area contributed by atoms with E-state index in [4.69, 9.17) is 0 Å². The van der Waals surface area contributed by atoms with Crippen molar-refractivity contribution in [2.75, 3.05) is 0 Å². The van der Waals surface area contributed by atoms with Crippen LogP contribution in [0.4, 0.5) is 0 Å². The van der Waals surface area contributed by atoms with Crippen LogP contribution in [0.1, 0.15) is 46.0 Å². The minimum atomic E-state index is 0.103. The lowest BCUT2D eigenvalue weighted by molar-refractivity contribution is 0.455. The van der Waals surface area contributed by atoms with E-state index in [0.717, 1.165) is 8.96 Å². The van der Waals surface area contributed by atoms with E-state index in [2.05, 4.69) is 77.6 Å². The molecule has 0 aromatic carbocycles. The molecule has 0 saturated carbocycles. The zero-order valence-electron chi connectivity index (χ0n) is 9.55. The largest absolute Gasteiger partial charge is 0.0654 e. The Morgan fingerprint density at radius 3 is 1.81 bits per heavy atom. The molecular formula is C12H16Br4. The van der Waals surface area contributed by atoms with Crippen molar-refractivity contribution >= 4 is 63.7 Å². The summed E-state index contributed by atoms with van der Waals surface area (Å²) in [4.78, 5) is 0. The minimum absolute atomic E-state index is 0.103. The van der Waals surface area contributed by atoms with Crippen LogP contribution in [-0.4, -0.2) is 0 Å². The fourth-order valence-electron chi connectivity index (χ4n) is 1.90. The second-order valence-electron chi connectivity index (χ2n) is 4.40. The predicted octanol–water partition coefficient (Wildman–Crippen LogP) is 6.98. The Kier molecular flexibility index (Phi) is 6.31. The maximum Gasteiger partial charge on any atom is 0.0436 e. The summed E-state index contributed by atoms with van der Waals surface area (Å²) in [5.74, 6) is 0. The standard InChI is InChI=1S/C12H16Br4/c1-3-4-5-6-7-12(2)10(15)8(13)9(14)11(12)16/h3-7H2,1-2H3. The lowest BCUT2D eigenvalue weighted by Gasteiger charge is -2.26. The molecule has 0 radical (unpaired) electrons. The van der Waals surface area contributed by atoms with Crippen molar-refractivity contribution in [2.45, 2.75) is 46.0 Å². The summed E-state index contributed by atoms with van der Waals surface area (Å²) < 4.78 is 4.76. The van der Waals surface area contributed by atoms with Crippen molar-refractivity contribution < 1.29 is 0 Å². The fourth-order valence-corrected chi connectivity index (χ4v) is 5.16. The molecule has 1 aliphatic carbocycles. The first-order valence-electron chi connectivity index (χ1n) is 5.57. The van der Waals surface area contributed by atoms with Gasteiger partial charge in [-0.05, 0) is 38.3 Å². The molecule has 0 unspecified atom stereocenters. The molecule has 0 bridgehead atoms. The van der Waals surface area contributed by atoms with Gasteiger partial charge in [0.25, 0.3) is 0 Å². The van der Waals surface area contributed by atoms with E-state index in [1.807, 2.05) is 0 Å². The van der Waals surface area contributed by atoms with Gasteiger partial charge in [-0.3, -0.25) is 0 Å². The molecule has 0 fully saturated rings. The monoisotopic (exact) mass is 476 g/mol. The average molecular weight is 480 g/mol. The number of rotatable bonds is 5. The second-order valence-corrected chi connectivity index (χ2v) is 7.57. The molecule has 0 aliphatic heterocycles. The van der Waals surface area contributed by atoms with Crippen LogP contribution in [-0.2, 0) is 0 Å².